The smallest absolute Gasteiger partial charge is 0.338 e. The minimum absolute atomic E-state index is 0.0671. The van der Waals surface area contributed by atoms with Crippen molar-refractivity contribution in [2.75, 3.05) is 7.11 Å². The van der Waals surface area contributed by atoms with Gasteiger partial charge in [-0.05, 0) is 42.0 Å². The first kappa shape index (κ1) is 14.7. The second-order valence-electron chi connectivity index (χ2n) is 4.27. The monoisotopic (exact) mass is 288 g/mol. The number of halogens is 1. The van der Waals surface area contributed by atoms with Crippen molar-refractivity contribution in [2.24, 2.45) is 0 Å². The first-order valence-corrected chi connectivity index (χ1v) is 6.20. The van der Waals surface area contributed by atoms with E-state index in [0.717, 1.165) is 5.56 Å². The van der Waals surface area contributed by atoms with Crippen molar-refractivity contribution in [1.29, 1.82) is 0 Å². The molecule has 0 heterocycles. The number of esters is 2. The number of ether oxygens (including phenoxy) is 2. The van der Waals surface area contributed by atoms with Crippen molar-refractivity contribution < 1.29 is 23.5 Å². The van der Waals surface area contributed by atoms with Crippen molar-refractivity contribution >= 4 is 11.9 Å². The molecule has 21 heavy (non-hydrogen) atoms. The summed E-state index contributed by atoms with van der Waals surface area (Å²) in [4.78, 5) is 23.0. The van der Waals surface area contributed by atoms with E-state index in [-0.39, 0.29) is 12.2 Å². The average Bonchev–Trinajstić information content (AvgIpc) is 2.53. The molecule has 0 spiro atoms. The summed E-state index contributed by atoms with van der Waals surface area (Å²) >= 11 is 0. The maximum Gasteiger partial charge on any atom is 0.338 e. The molecular formula is C16H13FO4. The van der Waals surface area contributed by atoms with Gasteiger partial charge in [-0.25, -0.2) is 14.0 Å². The number of methoxy groups -OCH3 is 1. The van der Waals surface area contributed by atoms with Crippen LogP contribution < -0.4 is 0 Å². The van der Waals surface area contributed by atoms with E-state index in [1.807, 2.05) is 0 Å². The molecule has 0 saturated carbocycles. The van der Waals surface area contributed by atoms with Crippen LogP contribution in [0.3, 0.4) is 0 Å². The summed E-state index contributed by atoms with van der Waals surface area (Å²) in [5, 5.41) is 0. The van der Waals surface area contributed by atoms with Crippen molar-refractivity contribution in [3.63, 3.8) is 0 Å². The van der Waals surface area contributed by atoms with Crippen LogP contribution in [0.15, 0.2) is 48.5 Å². The van der Waals surface area contributed by atoms with Crippen molar-refractivity contribution in [1.82, 2.24) is 0 Å². The van der Waals surface area contributed by atoms with Gasteiger partial charge in [0.05, 0.1) is 18.2 Å². The zero-order valence-corrected chi connectivity index (χ0v) is 11.3. The molecule has 0 N–H and O–H groups in total. The summed E-state index contributed by atoms with van der Waals surface area (Å²) in [5.74, 6) is -1.37. The van der Waals surface area contributed by atoms with E-state index in [2.05, 4.69) is 4.74 Å². The van der Waals surface area contributed by atoms with E-state index in [4.69, 9.17) is 4.74 Å². The van der Waals surface area contributed by atoms with Gasteiger partial charge in [0.15, 0.2) is 0 Å². The lowest BCUT2D eigenvalue weighted by Gasteiger charge is -2.06. The van der Waals surface area contributed by atoms with Crippen molar-refractivity contribution in [3.8, 4) is 0 Å². The van der Waals surface area contributed by atoms with Gasteiger partial charge < -0.3 is 9.47 Å². The molecule has 0 amide bonds. The molecule has 5 heteroatoms. The number of benzene rings is 2. The largest absolute Gasteiger partial charge is 0.465 e. The third-order valence-electron chi connectivity index (χ3n) is 2.82. The van der Waals surface area contributed by atoms with Crippen LogP contribution in [-0.2, 0) is 16.1 Å². The lowest BCUT2D eigenvalue weighted by molar-refractivity contribution is 0.0471. The number of carbonyl (C=O) groups is 2. The number of hydrogen-bond donors (Lipinski definition) is 0. The summed E-state index contributed by atoms with van der Waals surface area (Å²) in [5.41, 5.74) is 1.44. The van der Waals surface area contributed by atoms with Crippen LogP contribution in [0.25, 0.3) is 0 Å². The fourth-order valence-electron chi connectivity index (χ4n) is 1.67. The molecule has 0 aromatic heterocycles. The van der Waals surface area contributed by atoms with Crippen LogP contribution in [0, 0.1) is 5.82 Å². The van der Waals surface area contributed by atoms with E-state index in [1.54, 1.807) is 24.3 Å². The minimum Gasteiger partial charge on any atom is -0.465 e. The van der Waals surface area contributed by atoms with Gasteiger partial charge >= 0.3 is 11.9 Å². The van der Waals surface area contributed by atoms with Crippen LogP contribution >= 0.6 is 0 Å². The quantitative estimate of drug-likeness (QED) is 0.812. The Morgan fingerprint density at radius 3 is 2.00 bits per heavy atom. The molecule has 108 valence electrons. The lowest BCUT2D eigenvalue weighted by atomic mass is 10.1. The second-order valence-corrected chi connectivity index (χ2v) is 4.27. The zero-order valence-electron chi connectivity index (χ0n) is 11.3. The van der Waals surface area contributed by atoms with Crippen LogP contribution in [0.4, 0.5) is 4.39 Å². The van der Waals surface area contributed by atoms with Crippen LogP contribution in [-0.4, -0.2) is 19.0 Å². The fourth-order valence-corrected chi connectivity index (χ4v) is 1.67. The van der Waals surface area contributed by atoms with Gasteiger partial charge in [0.25, 0.3) is 0 Å². The first-order valence-electron chi connectivity index (χ1n) is 6.20. The van der Waals surface area contributed by atoms with Gasteiger partial charge in [-0.3, -0.25) is 0 Å². The molecule has 2 aromatic rings. The molecule has 2 aromatic carbocycles. The molecule has 2 rings (SSSR count). The molecule has 0 fully saturated rings. The van der Waals surface area contributed by atoms with Gasteiger partial charge in [0.2, 0.25) is 0 Å². The Labute approximate surface area is 121 Å². The predicted octanol–water partition coefficient (Wildman–Crippen LogP) is 2.97. The Morgan fingerprint density at radius 1 is 0.905 bits per heavy atom. The van der Waals surface area contributed by atoms with Gasteiger partial charge in [-0.2, -0.15) is 0 Å². The normalized spacial score (nSPS) is 10.0. The fraction of sp³-hybridized carbons (Fsp3) is 0.125. The van der Waals surface area contributed by atoms with Gasteiger partial charge in [0, 0.05) is 0 Å². The SMILES string of the molecule is COC(=O)c1ccc(COC(=O)c2ccc(F)cc2)cc1. The summed E-state index contributed by atoms with van der Waals surface area (Å²) in [6.45, 7) is 0.0671. The average molecular weight is 288 g/mol. The predicted molar refractivity (Wildman–Crippen MR) is 73.3 cm³/mol. The highest BCUT2D eigenvalue weighted by atomic mass is 19.1. The molecule has 0 aliphatic heterocycles. The van der Waals surface area contributed by atoms with Crippen LogP contribution in [0.5, 0.6) is 0 Å². The van der Waals surface area contributed by atoms with Crippen LogP contribution in [0.1, 0.15) is 26.3 Å². The summed E-state index contributed by atoms with van der Waals surface area (Å²) in [7, 11) is 1.31. The lowest BCUT2D eigenvalue weighted by Crippen LogP contribution is -2.06. The molecule has 0 atom stereocenters. The minimum atomic E-state index is -0.535. The molecule has 0 radical (unpaired) electrons. The van der Waals surface area contributed by atoms with E-state index < -0.39 is 17.8 Å². The summed E-state index contributed by atoms with van der Waals surface area (Å²) < 4.78 is 22.4. The third-order valence-corrected chi connectivity index (χ3v) is 2.82. The molecule has 0 aliphatic rings. The maximum absolute atomic E-state index is 12.7. The second kappa shape index (κ2) is 6.65. The molecular weight excluding hydrogens is 275 g/mol. The summed E-state index contributed by atoms with van der Waals surface area (Å²) in [6.07, 6.45) is 0. The standard InChI is InChI=1S/C16H13FO4/c1-20-15(18)12-4-2-11(3-5-12)10-21-16(19)13-6-8-14(17)9-7-13/h2-9H,10H2,1H3. The van der Waals surface area contributed by atoms with Gasteiger partial charge in [-0.1, -0.05) is 12.1 Å². The van der Waals surface area contributed by atoms with Gasteiger partial charge in [0.1, 0.15) is 12.4 Å². The van der Waals surface area contributed by atoms with Crippen LogP contribution in [0.2, 0.25) is 0 Å². The maximum atomic E-state index is 12.7. The van der Waals surface area contributed by atoms with Crippen molar-refractivity contribution in [2.45, 2.75) is 6.61 Å². The highest BCUT2D eigenvalue weighted by molar-refractivity contribution is 5.90. The summed E-state index contributed by atoms with van der Waals surface area (Å²) in [6, 6.07) is 11.6. The van der Waals surface area contributed by atoms with E-state index in [9.17, 15) is 14.0 Å². The number of carbonyl (C=O) groups excluding carboxylic acids is 2. The third kappa shape index (κ3) is 3.89. The first-order chi connectivity index (χ1) is 10.1. The van der Waals surface area contributed by atoms with E-state index in [1.165, 1.54) is 31.4 Å². The molecule has 0 bridgehead atoms. The molecule has 0 saturated heterocycles. The molecule has 0 unspecified atom stereocenters. The topological polar surface area (TPSA) is 52.6 Å². The highest BCUT2D eigenvalue weighted by Crippen LogP contribution is 2.09. The Hall–Kier alpha value is -2.69. The highest BCUT2D eigenvalue weighted by Gasteiger charge is 2.08. The number of rotatable bonds is 4. The van der Waals surface area contributed by atoms with Gasteiger partial charge in [-0.15, -0.1) is 0 Å². The zero-order chi connectivity index (χ0) is 15.2. The van der Waals surface area contributed by atoms with E-state index >= 15 is 0 Å². The Kier molecular flexibility index (Phi) is 4.66. The number of hydrogen-bond acceptors (Lipinski definition) is 4. The van der Waals surface area contributed by atoms with Crippen molar-refractivity contribution in [3.05, 3.63) is 71.0 Å². The Bertz CT molecular complexity index is 632. The Morgan fingerprint density at radius 2 is 1.43 bits per heavy atom. The Balaban J connectivity index is 1.95. The molecule has 0 aliphatic carbocycles. The molecule has 4 nitrogen and oxygen atoms in total. The van der Waals surface area contributed by atoms with E-state index in [0.29, 0.717) is 5.56 Å².